The summed E-state index contributed by atoms with van der Waals surface area (Å²) in [5.41, 5.74) is 1.43. The third-order valence-corrected chi connectivity index (χ3v) is 3.32. The van der Waals surface area contributed by atoms with Crippen LogP contribution in [0.25, 0.3) is 17.0 Å². The van der Waals surface area contributed by atoms with E-state index < -0.39 is 5.97 Å². The number of pyridine rings is 1. The molecule has 3 rings (SSSR count). The van der Waals surface area contributed by atoms with Crippen LogP contribution in [0.1, 0.15) is 10.4 Å². The predicted octanol–water partition coefficient (Wildman–Crippen LogP) is 3.49. The summed E-state index contributed by atoms with van der Waals surface area (Å²) in [7, 11) is 1.32. The molecule has 7 heteroatoms. The van der Waals surface area contributed by atoms with E-state index in [0.717, 1.165) is 0 Å². The molecule has 0 aliphatic heterocycles. The van der Waals surface area contributed by atoms with Crippen LogP contribution in [0.15, 0.2) is 36.5 Å². The standard InChI is InChI=1S/C14H9Cl2N3O2/c1-21-14(20)11-3-2-4-19-13(11)17-12(18-19)8-5-9(15)7-10(16)6-8/h2-7H,1H3. The van der Waals surface area contributed by atoms with Crippen molar-refractivity contribution in [1.82, 2.24) is 14.6 Å². The maximum absolute atomic E-state index is 11.7. The van der Waals surface area contributed by atoms with Gasteiger partial charge in [0.15, 0.2) is 11.5 Å². The topological polar surface area (TPSA) is 56.5 Å². The second-order valence-electron chi connectivity index (χ2n) is 4.28. The molecule has 1 aromatic carbocycles. The van der Waals surface area contributed by atoms with Crippen molar-refractivity contribution in [3.05, 3.63) is 52.1 Å². The number of hydrogen-bond donors (Lipinski definition) is 0. The minimum Gasteiger partial charge on any atom is -0.465 e. The zero-order valence-electron chi connectivity index (χ0n) is 10.9. The fourth-order valence-corrected chi connectivity index (χ4v) is 2.51. The first-order chi connectivity index (χ1) is 10.1. The highest BCUT2D eigenvalue weighted by atomic mass is 35.5. The van der Waals surface area contributed by atoms with Crippen LogP contribution in [-0.2, 0) is 4.74 Å². The monoisotopic (exact) mass is 321 g/mol. The van der Waals surface area contributed by atoms with Gasteiger partial charge in [0.05, 0.1) is 7.11 Å². The molecule has 0 aliphatic carbocycles. The van der Waals surface area contributed by atoms with Gasteiger partial charge in [-0.15, -0.1) is 5.10 Å². The van der Waals surface area contributed by atoms with Gasteiger partial charge in [0.2, 0.25) is 0 Å². The van der Waals surface area contributed by atoms with Gasteiger partial charge in [0.1, 0.15) is 5.56 Å². The first-order valence-electron chi connectivity index (χ1n) is 5.98. The summed E-state index contributed by atoms with van der Waals surface area (Å²) in [6.07, 6.45) is 1.70. The normalized spacial score (nSPS) is 10.8. The molecule has 0 aliphatic rings. The van der Waals surface area contributed by atoms with Gasteiger partial charge in [0.25, 0.3) is 0 Å². The lowest BCUT2D eigenvalue weighted by molar-refractivity contribution is 0.0602. The Kier molecular flexibility index (Phi) is 3.53. The highest BCUT2D eigenvalue weighted by Crippen LogP contribution is 2.26. The Morgan fingerprint density at radius 1 is 1.24 bits per heavy atom. The molecular formula is C14H9Cl2N3O2. The molecule has 0 fully saturated rings. The van der Waals surface area contributed by atoms with Crippen molar-refractivity contribution in [2.45, 2.75) is 0 Å². The predicted molar refractivity (Wildman–Crippen MR) is 79.8 cm³/mol. The fraction of sp³-hybridized carbons (Fsp3) is 0.0714. The van der Waals surface area contributed by atoms with Crippen LogP contribution in [-0.4, -0.2) is 27.7 Å². The number of halogens is 2. The van der Waals surface area contributed by atoms with Gasteiger partial charge < -0.3 is 4.74 Å². The number of nitrogens with zero attached hydrogens (tertiary/aromatic N) is 3. The molecule has 2 aromatic heterocycles. The van der Waals surface area contributed by atoms with Gasteiger partial charge in [-0.2, -0.15) is 0 Å². The van der Waals surface area contributed by atoms with E-state index in [4.69, 9.17) is 27.9 Å². The Morgan fingerprint density at radius 3 is 2.62 bits per heavy atom. The quantitative estimate of drug-likeness (QED) is 0.678. The molecule has 0 unspecified atom stereocenters. The second-order valence-corrected chi connectivity index (χ2v) is 5.15. The highest BCUT2D eigenvalue weighted by molar-refractivity contribution is 6.35. The lowest BCUT2D eigenvalue weighted by atomic mass is 10.2. The summed E-state index contributed by atoms with van der Waals surface area (Å²) in [5.74, 6) is -0.0422. The summed E-state index contributed by atoms with van der Waals surface area (Å²) in [6, 6.07) is 8.37. The highest BCUT2D eigenvalue weighted by Gasteiger charge is 2.15. The average Bonchev–Trinajstić information content (AvgIpc) is 2.89. The Labute approximate surface area is 130 Å². The van der Waals surface area contributed by atoms with Crippen molar-refractivity contribution in [3.63, 3.8) is 0 Å². The summed E-state index contributed by atoms with van der Waals surface area (Å²) in [4.78, 5) is 16.1. The summed E-state index contributed by atoms with van der Waals surface area (Å²) >= 11 is 12.0. The summed E-state index contributed by atoms with van der Waals surface area (Å²) < 4.78 is 6.25. The molecule has 0 bridgehead atoms. The lowest BCUT2D eigenvalue weighted by Crippen LogP contribution is -2.04. The molecule has 0 amide bonds. The summed E-state index contributed by atoms with van der Waals surface area (Å²) in [5, 5.41) is 5.30. The molecule has 106 valence electrons. The first-order valence-corrected chi connectivity index (χ1v) is 6.74. The number of fused-ring (bicyclic) bond motifs is 1. The molecule has 0 N–H and O–H groups in total. The average molecular weight is 322 g/mol. The van der Waals surface area contributed by atoms with Gasteiger partial charge in [-0.3, -0.25) is 0 Å². The largest absolute Gasteiger partial charge is 0.465 e. The fourth-order valence-electron chi connectivity index (χ4n) is 1.98. The van der Waals surface area contributed by atoms with E-state index >= 15 is 0 Å². The first kappa shape index (κ1) is 13.9. The number of esters is 1. The van der Waals surface area contributed by atoms with Crippen LogP contribution in [0.2, 0.25) is 10.0 Å². The third kappa shape index (κ3) is 2.57. The van der Waals surface area contributed by atoms with Crippen LogP contribution < -0.4 is 0 Å². The number of aromatic nitrogens is 3. The number of rotatable bonds is 2. The van der Waals surface area contributed by atoms with Gasteiger partial charge in [-0.05, 0) is 30.3 Å². The number of benzene rings is 1. The van der Waals surface area contributed by atoms with E-state index in [2.05, 4.69) is 10.1 Å². The number of methoxy groups -OCH3 is 1. The van der Waals surface area contributed by atoms with Crippen LogP contribution in [0.5, 0.6) is 0 Å². The van der Waals surface area contributed by atoms with Crippen molar-refractivity contribution in [2.75, 3.05) is 7.11 Å². The van der Waals surface area contributed by atoms with Crippen molar-refractivity contribution in [1.29, 1.82) is 0 Å². The van der Waals surface area contributed by atoms with Crippen LogP contribution >= 0.6 is 23.2 Å². The van der Waals surface area contributed by atoms with Crippen LogP contribution in [0, 0.1) is 0 Å². The third-order valence-electron chi connectivity index (χ3n) is 2.89. The lowest BCUT2D eigenvalue weighted by Gasteiger charge is -1.99. The molecule has 2 heterocycles. The Hall–Kier alpha value is -2.11. The number of hydrogen-bond acceptors (Lipinski definition) is 4. The van der Waals surface area contributed by atoms with Gasteiger partial charge in [-0.25, -0.2) is 14.3 Å². The smallest absolute Gasteiger partial charge is 0.341 e. The van der Waals surface area contributed by atoms with E-state index in [1.165, 1.54) is 11.6 Å². The van der Waals surface area contributed by atoms with Crippen LogP contribution in [0.4, 0.5) is 0 Å². The van der Waals surface area contributed by atoms with E-state index in [9.17, 15) is 4.79 Å². The molecule has 3 aromatic rings. The van der Waals surface area contributed by atoms with Crippen molar-refractivity contribution >= 4 is 34.8 Å². The molecule has 5 nitrogen and oxygen atoms in total. The Morgan fingerprint density at radius 2 is 1.95 bits per heavy atom. The number of ether oxygens (including phenoxy) is 1. The maximum Gasteiger partial charge on any atom is 0.341 e. The molecule has 0 saturated heterocycles. The van der Waals surface area contributed by atoms with Crippen molar-refractivity contribution in [3.8, 4) is 11.4 Å². The van der Waals surface area contributed by atoms with E-state index in [-0.39, 0.29) is 0 Å². The minimum absolute atomic E-state index is 0.340. The van der Waals surface area contributed by atoms with E-state index in [1.54, 1.807) is 36.5 Å². The Balaban J connectivity index is 2.19. The molecule has 21 heavy (non-hydrogen) atoms. The van der Waals surface area contributed by atoms with Crippen molar-refractivity contribution in [2.24, 2.45) is 0 Å². The second kappa shape index (κ2) is 5.35. The molecule has 0 radical (unpaired) electrons. The number of carbonyl (C=O) groups is 1. The molecule has 0 spiro atoms. The minimum atomic E-state index is -0.469. The maximum atomic E-state index is 11.7. The molecular weight excluding hydrogens is 313 g/mol. The van der Waals surface area contributed by atoms with Crippen molar-refractivity contribution < 1.29 is 9.53 Å². The summed E-state index contributed by atoms with van der Waals surface area (Å²) in [6.45, 7) is 0. The van der Waals surface area contributed by atoms with Crippen LogP contribution in [0.3, 0.4) is 0 Å². The van der Waals surface area contributed by atoms with Gasteiger partial charge in [0, 0.05) is 21.8 Å². The zero-order chi connectivity index (χ0) is 15.0. The molecule has 0 atom stereocenters. The van der Waals surface area contributed by atoms with E-state index in [1.807, 2.05) is 0 Å². The Bertz CT molecular complexity index is 825. The molecule has 0 saturated carbocycles. The zero-order valence-corrected chi connectivity index (χ0v) is 12.4. The van der Waals surface area contributed by atoms with Gasteiger partial charge in [-0.1, -0.05) is 23.2 Å². The number of carbonyl (C=O) groups excluding carboxylic acids is 1. The SMILES string of the molecule is COC(=O)c1cccn2nc(-c3cc(Cl)cc(Cl)c3)nc12. The van der Waals surface area contributed by atoms with Gasteiger partial charge >= 0.3 is 5.97 Å². The van der Waals surface area contributed by atoms with E-state index in [0.29, 0.717) is 32.6 Å².